The van der Waals surface area contributed by atoms with E-state index in [4.69, 9.17) is 0 Å². The molecule has 0 aliphatic heterocycles. The average molecular weight is 247 g/mol. The van der Waals surface area contributed by atoms with Crippen LogP contribution in [0.25, 0.3) is 0 Å². The molecule has 3 heteroatoms. The smallest absolute Gasteiger partial charge is 0.223 e. The quantitative estimate of drug-likeness (QED) is 0.859. The lowest BCUT2D eigenvalue weighted by Gasteiger charge is -2.20. The van der Waals surface area contributed by atoms with Crippen LogP contribution < -0.4 is 5.32 Å². The fourth-order valence-electron chi connectivity index (χ4n) is 2.55. The molecule has 18 heavy (non-hydrogen) atoms. The second kappa shape index (κ2) is 6.43. The van der Waals surface area contributed by atoms with Gasteiger partial charge in [0.25, 0.3) is 0 Å². The number of phenolic OH excluding ortho intramolecular Hbond substituents is 1. The van der Waals surface area contributed by atoms with Crippen LogP contribution in [0.1, 0.15) is 37.7 Å². The average Bonchev–Trinajstić information content (AvgIpc) is 2.40. The minimum Gasteiger partial charge on any atom is -0.508 e. The van der Waals surface area contributed by atoms with E-state index in [0.29, 0.717) is 6.54 Å². The normalized spacial score (nSPS) is 16.4. The number of phenols is 1. The number of carbonyl (C=O) groups excluding carboxylic acids is 1. The number of hydrogen-bond acceptors (Lipinski definition) is 2. The predicted molar refractivity (Wildman–Crippen MR) is 71.4 cm³/mol. The first-order valence-electron chi connectivity index (χ1n) is 6.81. The van der Waals surface area contributed by atoms with Gasteiger partial charge in [-0.1, -0.05) is 31.4 Å². The lowest BCUT2D eigenvalue weighted by atomic mass is 9.88. The summed E-state index contributed by atoms with van der Waals surface area (Å²) in [5.41, 5.74) is 1.05. The van der Waals surface area contributed by atoms with Crippen LogP contribution in [0, 0.1) is 5.92 Å². The molecule has 2 rings (SSSR count). The summed E-state index contributed by atoms with van der Waals surface area (Å²) in [6, 6.07) is 7.19. The van der Waals surface area contributed by atoms with Crippen molar-refractivity contribution in [1.82, 2.24) is 5.32 Å². The van der Waals surface area contributed by atoms with E-state index in [1.165, 1.54) is 19.3 Å². The molecule has 3 nitrogen and oxygen atoms in total. The minimum atomic E-state index is 0.204. The molecule has 0 unspecified atom stereocenters. The molecule has 1 aliphatic rings. The summed E-state index contributed by atoms with van der Waals surface area (Å²) in [5, 5.41) is 12.3. The summed E-state index contributed by atoms with van der Waals surface area (Å²) in [6.45, 7) is 0.652. The van der Waals surface area contributed by atoms with Gasteiger partial charge in [-0.3, -0.25) is 4.79 Å². The van der Waals surface area contributed by atoms with Crippen molar-refractivity contribution in [3.63, 3.8) is 0 Å². The summed E-state index contributed by atoms with van der Waals surface area (Å²) < 4.78 is 0. The summed E-state index contributed by atoms with van der Waals surface area (Å²) >= 11 is 0. The van der Waals surface area contributed by atoms with E-state index in [1.54, 1.807) is 12.1 Å². The number of amides is 1. The maximum absolute atomic E-state index is 11.9. The van der Waals surface area contributed by atoms with E-state index < -0.39 is 0 Å². The molecule has 2 N–H and O–H groups in total. The van der Waals surface area contributed by atoms with Crippen LogP contribution in [0.5, 0.6) is 5.75 Å². The summed E-state index contributed by atoms with van der Waals surface area (Å²) in [5.74, 6) is 0.712. The molecule has 0 radical (unpaired) electrons. The van der Waals surface area contributed by atoms with E-state index in [2.05, 4.69) is 5.32 Å². The molecule has 1 aromatic rings. The Hall–Kier alpha value is -1.51. The van der Waals surface area contributed by atoms with E-state index in [-0.39, 0.29) is 17.6 Å². The lowest BCUT2D eigenvalue weighted by molar-refractivity contribution is -0.125. The summed E-state index contributed by atoms with van der Waals surface area (Å²) in [4.78, 5) is 11.9. The van der Waals surface area contributed by atoms with E-state index >= 15 is 0 Å². The Balaban J connectivity index is 1.73. The molecule has 0 atom stereocenters. The third-order valence-corrected chi connectivity index (χ3v) is 3.60. The Kier molecular flexibility index (Phi) is 4.62. The van der Waals surface area contributed by atoms with Gasteiger partial charge in [0.1, 0.15) is 5.75 Å². The van der Waals surface area contributed by atoms with Gasteiger partial charge in [-0.05, 0) is 37.0 Å². The predicted octanol–water partition coefficient (Wildman–Crippen LogP) is 2.63. The van der Waals surface area contributed by atoms with Crippen LogP contribution in [0.3, 0.4) is 0 Å². The highest BCUT2D eigenvalue weighted by atomic mass is 16.3. The highest BCUT2D eigenvalue weighted by molar-refractivity contribution is 5.78. The number of carbonyl (C=O) groups is 1. The van der Waals surface area contributed by atoms with E-state index in [0.717, 1.165) is 24.8 Å². The highest BCUT2D eigenvalue weighted by Gasteiger charge is 2.20. The fraction of sp³-hybridized carbons (Fsp3) is 0.533. The van der Waals surface area contributed by atoms with Gasteiger partial charge in [-0.25, -0.2) is 0 Å². The van der Waals surface area contributed by atoms with Crippen molar-refractivity contribution in [3.8, 4) is 5.75 Å². The van der Waals surface area contributed by atoms with Gasteiger partial charge in [-0.2, -0.15) is 0 Å². The standard InChI is InChI=1S/C15H21NO2/c17-14-8-4-5-12(11-14)9-10-16-15(18)13-6-2-1-3-7-13/h4-5,8,11,13,17H,1-3,6-7,9-10H2,(H,16,18). The van der Waals surface area contributed by atoms with Crippen molar-refractivity contribution < 1.29 is 9.90 Å². The van der Waals surface area contributed by atoms with Gasteiger partial charge in [0, 0.05) is 12.5 Å². The van der Waals surface area contributed by atoms with Gasteiger partial charge in [0.15, 0.2) is 0 Å². The van der Waals surface area contributed by atoms with E-state index in [9.17, 15) is 9.90 Å². The molecule has 0 heterocycles. The first-order valence-corrected chi connectivity index (χ1v) is 6.81. The Morgan fingerprint density at radius 1 is 1.28 bits per heavy atom. The third-order valence-electron chi connectivity index (χ3n) is 3.60. The number of hydrogen-bond donors (Lipinski definition) is 2. The zero-order chi connectivity index (χ0) is 12.8. The van der Waals surface area contributed by atoms with Gasteiger partial charge in [-0.15, -0.1) is 0 Å². The zero-order valence-corrected chi connectivity index (χ0v) is 10.7. The Bertz CT molecular complexity index is 397. The van der Waals surface area contributed by atoms with Crippen molar-refractivity contribution in [2.75, 3.05) is 6.54 Å². The molecule has 1 amide bonds. The Morgan fingerprint density at radius 2 is 2.06 bits per heavy atom. The van der Waals surface area contributed by atoms with Gasteiger partial charge >= 0.3 is 0 Å². The van der Waals surface area contributed by atoms with E-state index in [1.807, 2.05) is 12.1 Å². The molecular weight excluding hydrogens is 226 g/mol. The maximum atomic E-state index is 11.9. The monoisotopic (exact) mass is 247 g/mol. The van der Waals surface area contributed by atoms with Gasteiger partial charge < -0.3 is 10.4 Å². The fourth-order valence-corrected chi connectivity index (χ4v) is 2.55. The minimum absolute atomic E-state index is 0.204. The molecule has 1 fully saturated rings. The van der Waals surface area contributed by atoms with Gasteiger partial charge in [0.05, 0.1) is 0 Å². The van der Waals surface area contributed by atoms with Crippen LogP contribution in [0.15, 0.2) is 24.3 Å². The van der Waals surface area contributed by atoms with Crippen LogP contribution in [0.4, 0.5) is 0 Å². The number of aromatic hydroxyl groups is 1. The molecule has 98 valence electrons. The SMILES string of the molecule is O=C(NCCc1cccc(O)c1)C1CCCCC1. The molecule has 0 aromatic heterocycles. The lowest BCUT2D eigenvalue weighted by Crippen LogP contribution is -2.33. The van der Waals surface area contributed by atoms with Gasteiger partial charge in [0.2, 0.25) is 5.91 Å². The topological polar surface area (TPSA) is 49.3 Å². The van der Waals surface area contributed by atoms with Crippen molar-refractivity contribution in [1.29, 1.82) is 0 Å². The molecule has 0 saturated heterocycles. The van der Waals surface area contributed by atoms with Crippen molar-refractivity contribution in [2.45, 2.75) is 38.5 Å². The van der Waals surface area contributed by atoms with Crippen molar-refractivity contribution in [2.24, 2.45) is 5.92 Å². The van der Waals surface area contributed by atoms with Crippen LogP contribution in [0.2, 0.25) is 0 Å². The molecule has 1 aromatic carbocycles. The molecule has 1 saturated carbocycles. The molecular formula is C15H21NO2. The van der Waals surface area contributed by atoms with Crippen LogP contribution >= 0.6 is 0 Å². The van der Waals surface area contributed by atoms with Crippen molar-refractivity contribution >= 4 is 5.91 Å². The number of rotatable bonds is 4. The molecule has 0 spiro atoms. The van der Waals surface area contributed by atoms with Crippen molar-refractivity contribution in [3.05, 3.63) is 29.8 Å². The highest BCUT2D eigenvalue weighted by Crippen LogP contribution is 2.23. The summed E-state index contributed by atoms with van der Waals surface area (Å²) in [7, 11) is 0. The van der Waals surface area contributed by atoms with Crippen LogP contribution in [-0.4, -0.2) is 17.6 Å². The Labute approximate surface area is 108 Å². The number of nitrogens with one attached hydrogen (secondary N) is 1. The second-order valence-corrected chi connectivity index (χ2v) is 5.05. The number of benzene rings is 1. The summed E-state index contributed by atoms with van der Waals surface area (Å²) in [6.07, 6.45) is 6.49. The first-order chi connectivity index (χ1) is 8.75. The zero-order valence-electron chi connectivity index (χ0n) is 10.7. The maximum Gasteiger partial charge on any atom is 0.223 e. The largest absolute Gasteiger partial charge is 0.508 e. The third kappa shape index (κ3) is 3.76. The molecule has 1 aliphatic carbocycles. The first kappa shape index (κ1) is 12.9. The molecule has 0 bridgehead atoms. The van der Waals surface area contributed by atoms with Crippen LogP contribution in [-0.2, 0) is 11.2 Å². The Morgan fingerprint density at radius 3 is 2.78 bits per heavy atom. The second-order valence-electron chi connectivity index (χ2n) is 5.05.